The van der Waals surface area contributed by atoms with Crippen molar-refractivity contribution >= 4 is 15.9 Å². The second kappa shape index (κ2) is 4.58. The van der Waals surface area contributed by atoms with Crippen LogP contribution < -0.4 is 0 Å². The molecule has 0 radical (unpaired) electrons. The first-order valence-electron chi connectivity index (χ1n) is 4.46. The van der Waals surface area contributed by atoms with E-state index in [-0.39, 0.29) is 11.7 Å². The normalized spacial score (nSPS) is 20.2. The minimum atomic E-state index is 0.0107. The second-order valence-electron chi connectivity index (χ2n) is 3.85. The fourth-order valence-corrected chi connectivity index (χ4v) is 1.73. The van der Waals surface area contributed by atoms with Gasteiger partial charge in [-0.15, -0.1) is 0 Å². The van der Waals surface area contributed by atoms with E-state index in [1.807, 2.05) is 0 Å². The molecule has 1 aliphatic heterocycles. The van der Waals surface area contributed by atoms with Gasteiger partial charge < -0.3 is 9.47 Å². The fraction of sp³-hybridized carbons (Fsp3) is 1.00. The molecule has 0 aromatic carbocycles. The van der Waals surface area contributed by atoms with Crippen LogP contribution in [0.15, 0.2) is 0 Å². The summed E-state index contributed by atoms with van der Waals surface area (Å²) in [6.07, 6.45) is 2.33. The van der Waals surface area contributed by atoms with E-state index in [1.165, 1.54) is 6.42 Å². The van der Waals surface area contributed by atoms with E-state index < -0.39 is 0 Å². The summed E-state index contributed by atoms with van der Waals surface area (Å²) in [6.45, 7) is 5.90. The molecule has 0 aromatic heterocycles. The van der Waals surface area contributed by atoms with Gasteiger partial charge in [-0.3, -0.25) is 0 Å². The Morgan fingerprint density at radius 2 is 1.92 bits per heavy atom. The quantitative estimate of drug-likeness (QED) is 0.699. The molecule has 0 spiro atoms. The molecule has 0 N–H and O–H groups in total. The highest BCUT2D eigenvalue weighted by molar-refractivity contribution is 9.09. The van der Waals surface area contributed by atoms with Crippen LogP contribution in [0.1, 0.15) is 26.7 Å². The summed E-state index contributed by atoms with van der Waals surface area (Å²) in [5.41, 5.74) is 0.157. The molecule has 0 bridgehead atoms. The van der Waals surface area contributed by atoms with Crippen molar-refractivity contribution in [3.05, 3.63) is 0 Å². The van der Waals surface area contributed by atoms with Crippen molar-refractivity contribution in [1.82, 2.24) is 0 Å². The number of ether oxygens (including phenoxy) is 2. The van der Waals surface area contributed by atoms with Crippen molar-refractivity contribution < 1.29 is 9.47 Å². The second-order valence-corrected chi connectivity index (χ2v) is 4.65. The molecule has 1 rings (SSSR count). The summed E-state index contributed by atoms with van der Waals surface area (Å²) in [4.78, 5) is 0. The third-order valence-corrected chi connectivity index (χ3v) is 2.78. The fourth-order valence-electron chi connectivity index (χ4n) is 1.45. The number of hydrogen-bond donors (Lipinski definition) is 0. The van der Waals surface area contributed by atoms with Crippen LogP contribution in [0.5, 0.6) is 0 Å². The van der Waals surface area contributed by atoms with Crippen molar-refractivity contribution in [1.29, 1.82) is 0 Å². The average molecular weight is 237 g/mol. The van der Waals surface area contributed by atoms with E-state index in [4.69, 9.17) is 9.47 Å². The highest BCUT2D eigenvalue weighted by atomic mass is 79.9. The molecule has 0 atom stereocenters. The van der Waals surface area contributed by atoms with Crippen molar-refractivity contribution in [2.75, 3.05) is 18.5 Å². The predicted molar refractivity (Wildman–Crippen MR) is 52.5 cm³/mol. The molecule has 2 nitrogen and oxygen atoms in total. The predicted octanol–water partition coefficient (Wildman–Crippen LogP) is 2.56. The zero-order valence-corrected chi connectivity index (χ0v) is 9.39. The molecule has 1 saturated heterocycles. The maximum atomic E-state index is 5.48. The molecule has 3 heteroatoms. The molecular weight excluding hydrogens is 220 g/mol. The van der Waals surface area contributed by atoms with Crippen LogP contribution in [0, 0.1) is 5.41 Å². The van der Waals surface area contributed by atoms with E-state index in [2.05, 4.69) is 29.8 Å². The number of rotatable bonds is 4. The first kappa shape index (κ1) is 10.5. The molecule has 1 fully saturated rings. The molecule has 12 heavy (non-hydrogen) atoms. The molecular formula is C9H17BrO2. The first-order chi connectivity index (χ1) is 5.67. The highest BCUT2D eigenvalue weighted by Gasteiger charge is 2.33. The van der Waals surface area contributed by atoms with Crippen LogP contribution >= 0.6 is 15.9 Å². The van der Waals surface area contributed by atoms with E-state index in [0.29, 0.717) is 0 Å². The van der Waals surface area contributed by atoms with Gasteiger partial charge in [-0.05, 0) is 12.8 Å². The Labute approximate surface area is 82.7 Å². The third kappa shape index (κ3) is 2.71. The van der Waals surface area contributed by atoms with Crippen molar-refractivity contribution in [3.8, 4) is 0 Å². The van der Waals surface area contributed by atoms with Gasteiger partial charge in [0.15, 0.2) is 6.29 Å². The number of alkyl halides is 1. The number of hydrogen-bond acceptors (Lipinski definition) is 2. The maximum absolute atomic E-state index is 5.48. The molecule has 0 aliphatic carbocycles. The highest BCUT2D eigenvalue weighted by Crippen LogP contribution is 2.32. The van der Waals surface area contributed by atoms with Crippen LogP contribution in [0.2, 0.25) is 0 Å². The Morgan fingerprint density at radius 3 is 2.42 bits per heavy atom. The largest absolute Gasteiger partial charge is 0.350 e. The summed E-state index contributed by atoms with van der Waals surface area (Å²) in [6, 6.07) is 0. The van der Waals surface area contributed by atoms with Crippen molar-refractivity contribution in [2.24, 2.45) is 5.41 Å². The SMILES string of the molecule is CC(C)(CCCBr)C1OCCO1. The summed E-state index contributed by atoms with van der Waals surface area (Å²) in [7, 11) is 0. The maximum Gasteiger partial charge on any atom is 0.162 e. The zero-order chi connectivity index (χ0) is 9.03. The van der Waals surface area contributed by atoms with Crippen molar-refractivity contribution in [2.45, 2.75) is 33.0 Å². The zero-order valence-electron chi connectivity index (χ0n) is 7.81. The third-order valence-electron chi connectivity index (χ3n) is 2.21. The van der Waals surface area contributed by atoms with Gasteiger partial charge in [0.25, 0.3) is 0 Å². The lowest BCUT2D eigenvalue weighted by atomic mass is 9.87. The van der Waals surface area contributed by atoms with Crippen molar-refractivity contribution in [3.63, 3.8) is 0 Å². The lowest BCUT2D eigenvalue weighted by Crippen LogP contribution is -2.30. The van der Waals surface area contributed by atoms with Gasteiger partial charge in [-0.2, -0.15) is 0 Å². The van der Waals surface area contributed by atoms with Crippen LogP contribution in [0.4, 0.5) is 0 Å². The Kier molecular flexibility index (Phi) is 4.00. The minimum absolute atomic E-state index is 0.0107. The monoisotopic (exact) mass is 236 g/mol. The van der Waals surface area contributed by atoms with E-state index in [9.17, 15) is 0 Å². The van der Waals surface area contributed by atoms with Gasteiger partial charge in [0.2, 0.25) is 0 Å². The van der Waals surface area contributed by atoms with Crippen LogP contribution in [-0.2, 0) is 9.47 Å². The summed E-state index contributed by atoms with van der Waals surface area (Å²) < 4.78 is 11.0. The molecule has 1 aliphatic rings. The summed E-state index contributed by atoms with van der Waals surface area (Å²) in [5, 5.41) is 1.06. The van der Waals surface area contributed by atoms with Gasteiger partial charge >= 0.3 is 0 Å². The first-order valence-corrected chi connectivity index (χ1v) is 5.58. The molecule has 0 amide bonds. The minimum Gasteiger partial charge on any atom is -0.350 e. The van der Waals surface area contributed by atoms with Gasteiger partial charge in [-0.1, -0.05) is 29.8 Å². The van der Waals surface area contributed by atoms with Crippen LogP contribution in [0.3, 0.4) is 0 Å². The molecule has 72 valence electrons. The Bertz CT molecular complexity index is 130. The topological polar surface area (TPSA) is 18.5 Å². The van der Waals surface area contributed by atoms with Gasteiger partial charge in [0.1, 0.15) is 0 Å². The molecule has 0 saturated carbocycles. The standard InChI is InChI=1S/C9H17BrO2/c1-9(2,4-3-5-10)8-11-6-7-12-8/h8H,3-7H2,1-2H3. The molecule has 0 unspecified atom stereocenters. The van der Waals surface area contributed by atoms with E-state index in [0.717, 1.165) is 25.0 Å². The Morgan fingerprint density at radius 1 is 1.33 bits per heavy atom. The Hall–Kier alpha value is 0.400. The van der Waals surface area contributed by atoms with E-state index >= 15 is 0 Å². The van der Waals surface area contributed by atoms with Gasteiger partial charge in [-0.25, -0.2) is 0 Å². The summed E-state index contributed by atoms with van der Waals surface area (Å²) >= 11 is 3.43. The van der Waals surface area contributed by atoms with Crippen LogP contribution in [-0.4, -0.2) is 24.8 Å². The Balaban J connectivity index is 2.34. The molecule has 0 aromatic rings. The van der Waals surface area contributed by atoms with Gasteiger partial charge in [0.05, 0.1) is 13.2 Å². The molecule has 1 heterocycles. The van der Waals surface area contributed by atoms with Crippen LogP contribution in [0.25, 0.3) is 0 Å². The lowest BCUT2D eigenvalue weighted by Gasteiger charge is -2.29. The van der Waals surface area contributed by atoms with Gasteiger partial charge in [0, 0.05) is 10.7 Å². The number of halogens is 1. The summed E-state index contributed by atoms with van der Waals surface area (Å²) in [5.74, 6) is 0. The van der Waals surface area contributed by atoms with E-state index in [1.54, 1.807) is 0 Å². The smallest absolute Gasteiger partial charge is 0.162 e. The average Bonchev–Trinajstić information content (AvgIpc) is 2.53. The lowest BCUT2D eigenvalue weighted by molar-refractivity contribution is -0.122.